The van der Waals surface area contributed by atoms with E-state index in [0.717, 1.165) is 5.75 Å². The molecule has 35 heavy (non-hydrogen) atoms. The van der Waals surface area contributed by atoms with Gasteiger partial charge in [0.2, 0.25) is 0 Å². The third kappa shape index (κ3) is 6.17. The summed E-state index contributed by atoms with van der Waals surface area (Å²) in [7, 11) is 1.74. The first-order valence-electron chi connectivity index (χ1n) is 11.2. The van der Waals surface area contributed by atoms with Crippen molar-refractivity contribution in [2.75, 3.05) is 10.6 Å². The lowest BCUT2D eigenvalue weighted by Gasteiger charge is -2.19. The average molecular weight is 473 g/mol. The zero-order valence-electron chi connectivity index (χ0n) is 20.2. The summed E-state index contributed by atoms with van der Waals surface area (Å²) in [6.07, 6.45) is 1.70. The van der Waals surface area contributed by atoms with Gasteiger partial charge in [0, 0.05) is 24.6 Å². The monoisotopic (exact) mass is 472 g/mol. The predicted octanol–water partition coefficient (Wildman–Crippen LogP) is 5.39. The number of benzene rings is 2. The van der Waals surface area contributed by atoms with E-state index in [9.17, 15) is 9.59 Å². The molecule has 0 atom stereocenters. The maximum Gasteiger partial charge on any atom is 0.291 e. The second-order valence-electron chi connectivity index (χ2n) is 9.19. The zero-order valence-corrected chi connectivity index (χ0v) is 20.2. The smallest absolute Gasteiger partial charge is 0.291 e. The molecule has 0 saturated heterocycles. The van der Waals surface area contributed by atoms with E-state index in [-0.39, 0.29) is 29.6 Å². The fraction of sp³-hybridized carbons (Fsp3) is 0.222. The van der Waals surface area contributed by atoms with Crippen molar-refractivity contribution < 1.29 is 18.7 Å². The molecule has 0 aliphatic carbocycles. The summed E-state index contributed by atoms with van der Waals surface area (Å²) in [5.41, 5.74) is 2.79. The van der Waals surface area contributed by atoms with E-state index >= 15 is 0 Å². The first-order valence-corrected chi connectivity index (χ1v) is 11.2. The van der Waals surface area contributed by atoms with Crippen LogP contribution in [0.4, 0.5) is 11.4 Å². The number of hydrogen-bond donors (Lipinski definition) is 2. The summed E-state index contributed by atoms with van der Waals surface area (Å²) >= 11 is 0. The van der Waals surface area contributed by atoms with Gasteiger partial charge in [-0.1, -0.05) is 32.9 Å². The number of carbonyl (C=O) groups is 2. The number of anilines is 2. The van der Waals surface area contributed by atoms with Gasteiger partial charge in [-0.3, -0.25) is 14.3 Å². The highest BCUT2D eigenvalue weighted by Crippen LogP contribution is 2.25. The molecule has 2 aromatic heterocycles. The second-order valence-corrected chi connectivity index (χ2v) is 9.19. The van der Waals surface area contributed by atoms with Crippen molar-refractivity contribution in [3.63, 3.8) is 0 Å². The van der Waals surface area contributed by atoms with Crippen molar-refractivity contribution in [2.45, 2.75) is 32.8 Å². The van der Waals surface area contributed by atoms with E-state index < -0.39 is 0 Å². The minimum atomic E-state index is -0.379. The number of carbonyl (C=O) groups excluding carboxylic acids is 2. The van der Waals surface area contributed by atoms with E-state index in [4.69, 9.17) is 9.15 Å². The fourth-order valence-corrected chi connectivity index (χ4v) is 3.34. The number of nitrogens with one attached hydrogen (secondary N) is 2. The average Bonchev–Trinajstić information content (AvgIpc) is 3.48. The van der Waals surface area contributed by atoms with E-state index in [1.807, 2.05) is 24.3 Å². The molecule has 2 N–H and O–H groups in total. The molecule has 8 heteroatoms. The van der Waals surface area contributed by atoms with Gasteiger partial charge in [0.05, 0.1) is 0 Å². The number of aryl methyl sites for hydroxylation is 1. The minimum absolute atomic E-state index is 0.0791. The molecule has 0 aliphatic rings. The Morgan fingerprint density at radius 3 is 2.09 bits per heavy atom. The standard InChI is InChI=1S/C27H28N4O4/c1-27(2,3)18-5-11-21(12-6-18)34-17-22-13-14-24(35-22)26(33)29-20-9-7-19(8-10-20)28-25(32)23-15-16-31(4)30-23/h5-16H,17H2,1-4H3,(H,28,32)(H,29,33). The van der Waals surface area contributed by atoms with Crippen LogP contribution in [0.15, 0.2) is 77.3 Å². The molecule has 0 aliphatic heterocycles. The Kier molecular flexibility index (Phi) is 6.73. The second kappa shape index (κ2) is 9.89. The van der Waals surface area contributed by atoms with Gasteiger partial charge in [-0.15, -0.1) is 0 Å². The van der Waals surface area contributed by atoms with Crippen LogP contribution in [-0.2, 0) is 19.1 Å². The molecule has 0 fully saturated rings. The SMILES string of the molecule is Cn1ccc(C(=O)Nc2ccc(NC(=O)c3ccc(COc4ccc(C(C)(C)C)cc4)o3)cc2)n1. The van der Waals surface area contributed by atoms with Crippen LogP contribution in [0.5, 0.6) is 5.75 Å². The van der Waals surface area contributed by atoms with Gasteiger partial charge in [-0.25, -0.2) is 0 Å². The maximum atomic E-state index is 12.6. The van der Waals surface area contributed by atoms with E-state index in [1.54, 1.807) is 60.4 Å². The Morgan fingerprint density at radius 2 is 1.51 bits per heavy atom. The van der Waals surface area contributed by atoms with Crippen LogP contribution in [-0.4, -0.2) is 21.6 Å². The quantitative estimate of drug-likeness (QED) is 0.376. The lowest BCUT2D eigenvalue weighted by Crippen LogP contribution is -2.13. The number of aromatic nitrogens is 2. The van der Waals surface area contributed by atoms with Crippen LogP contribution < -0.4 is 15.4 Å². The highest BCUT2D eigenvalue weighted by molar-refractivity contribution is 6.04. The number of hydrogen-bond acceptors (Lipinski definition) is 5. The van der Waals surface area contributed by atoms with Crippen molar-refractivity contribution >= 4 is 23.2 Å². The van der Waals surface area contributed by atoms with Crippen LogP contribution in [0.2, 0.25) is 0 Å². The molecule has 8 nitrogen and oxygen atoms in total. The number of rotatable bonds is 7. The van der Waals surface area contributed by atoms with Crippen LogP contribution in [0.1, 0.15) is 53.1 Å². The number of ether oxygens (including phenoxy) is 1. The summed E-state index contributed by atoms with van der Waals surface area (Å²) in [6, 6.07) is 19.7. The molecule has 0 saturated carbocycles. The van der Waals surface area contributed by atoms with Crippen molar-refractivity contribution in [3.8, 4) is 5.75 Å². The number of furan rings is 1. The molecule has 2 heterocycles. The zero-order chi connectivity index (χ0) is 25.0. The molecule has 0 spiro atoms. The molecule has 0 bridgehead atoms. The molecular formula is C27H28N4O4. The molecule has 180 valence electrons. The molecule has 0 radical (unpaired) electrons. The van der Waals surface area contributed by atoms with Crippen molar-refractivity contribution in [3.05, 3.63) is 95.7 Å². The Labute approximate surface area is 203 Å². The summed E-state index contributed by atoms with van der Waals surface area (Å²) in [5.74, 6) is 0.770. The Morgan fingerprint density at radius 1 is 0.886 bits per heavy atom. The maximum absolute atomic E-state index is 12.6. The molecule has 0 unspecified atom stereocenters. The Balaban J connectivity index is 1.29. The van der Waals surface area contributed by atoms with E-state index in [2.05, 4.69) is 36.5 Å². The highest BCUT2D eigenvalue weighted by Gasteiger charge is 2.15. The minimum Gasteiger partial charge on any atom is -0.486 e. The molecule has 2 amide bonds. The fourth-order valence-electron chi connectivity index (χ4n) is 3.34. The van der Waals surface area contributed by atoms with Crippen molar-refractivity contribution in [1.29, 1.82) is 0 Å². The van der Waals surface area contributed by atoms with Crippen molar-refractivity contribution in [2.24, 2.45) is 7.05 Å². The highest BCUT2D eigenvalue weighted by atomic mass is 16.5. The first kappa shape index (κ1) is 23.8. The predicted molar refractivity (Wildman–Crippen MR) is 134 cm³/mol. The van der Waals surface area contributed by atoms with Crippen molar-refractivity contribution in [1.82, 2.24) is 9.78 Å². The van der Waals surface area contributed by atoms with Gasteiger partial charge in [0.25, 0.3) is 11.8 Å². The summed E-state index contributed by atoms with van der Waals surface area (Å²) in [5, 5.41) is 9.61. The summed E-state index contributed by atoms with van der Waals surface area (Å²) in [6.45, 7) is 6.70. The van der Waals surface area contributed by atoms with Crippen LogP contribution >= 0.6 is 0 Å². The molecule has 4 aromatic rings. The van der Waals surface area contributed by atoms with Gasteiger partial charge < -0.3 is 19.8 Å². The first-order chi connectivity index (χ1) is 16.7. The van der Waals surface area contributed by atoms with Crippen LogP contribution in [0.3, 0.4) is 0 Å². The Hall–Kier alpha value is -4.33. The summed E-state index contributed by atoms with van der Waals surface area (Å²) < 4.78 is 13.0. The number of amides is 2. The third-order valence-electron chi connectivity index (χ3n) is 5.33. The van der Waals surface area contributed by atoms with Gasteiger partial charge in [-0.05, 0) is 65.6 Å². The number of nitrogens with zero attached hydrogens (tertiary/aromatic N) is 2. The third-order valence-corrected chi connectivity index (χ3v) is 5.33. The lowest BCUT2D eigenvalue weighted by molar-refractivity contribution is 0.0990. The topological polar surface area (TPSA) is 98.4 Å². The van der Waals surface area contributed by atoms with E-state index in [0.29, 0.717) is 22.8 Å². The van der Waals surface area contributed by atoms with Crippen LogP contribution in [0.25, 0.3) is 0 Å². The summed E-state index contributed by atoms with van der Waals surface area (Å²) in [4.78, 5) is 24.8. The lowest BCUT2D eigenvalue weighted by atomic mass is 9.87. The molecular weight excluding hydrogens is 444 g/mol. The van der Waals surface area contributed by atoms with Gasteiger partial charge in [-0.2, -0.15) is 5.10 Å². The Bertz CT molecular complexity index is 1310. The van der Waals surface area contributed by atoms with E-state index in [1.165, 1.54) is 5.56 Å². The van der Waals surface area contributed by atoms with Gasteiger partial charge in [0.1, 0.15) is 18.1 Å². The molecule has 4 rings (SSSR count). The van der Waals surface area contributed by atoms with Crippen LogP contribution in [0, 0.1) is 0 Å². The largest absolute Gasteiger partial charge is 0.486 e. The molecule has 2 aromatic carbocycles. The normalized spacial score (nSPS) is 11.2. The van der Waals surface area contributed by atoms with Gasteiger partial charge >= 0.3 is 0 Å². The van der Waals surface area contributed by atoms with Gasteiger partial charge in [0.15, 0.2) is 11.5 Å².